The Bertz CT molecular complexity index is 369. The van der Waals surface area contributed by atoms with Crippen LogP contribution in [0.4, 0.5) is 0 Å². The van der Waals surface area contributed by atoms with E-state index in [1.807, 2.05) is 0 Å². The third-order valence-electron chi connectivity index (χ3n) is 2.04. The van der Waals surface area contributed by atoms with Gasteiger partial charge in [-0.15, -0.1) is 0 Å². The van der Waals surface area contributed by atoms with Gasteiger partial charge in [0, 0.05) is 5.57 Å². The van der Waals surface area contributed by atoms with E-state index in [0.717, 1.165) is 0 Å². The van der Waals surface area contributed by atoms with Gasteiger partial charge in [0.15, 0.2) is 0 Å². The number of ether oxygens (including phenoxy) is 2. The molecular formula is C13H20O6. The summed E-state index contributed by atoms with van der Waals surface area (Å²) in [7, 11) is 0. The predicted octanol–water partition coefficient (Wildman–Crippen LogP) is 1.54. The van der Waals surface area contributed by atoms with Crippen molar-refractivity contribution in [1.82, 2.24) is 0 Å². The number of carbonyl (C=O) groups is 3. The minimum absolute atomic E-state index is 0.207. The first-order chi connectivity index (χ1) is 8.65. The van der Waals surface area contributed by atoms with Crippen LogP contribution in [0.1, 0.15) is 34.1 Å². The fourth-order valence-corrected chi connectivity index (χ4v) is 1.27. The summed E-state index contributed by atoms with van der Waals surface area (Å²) in [6.45, 7) is 10.00. The van der Waals surface area contributed by atoms with Crippen molar-refractivity contribution >= 4 is 17.9 Å². The van der Waals surface area contributed by atoms with Crippen LogP contribution in [0.2, 0.25) is 0 Å². The summed E-state index contributed by atoms with van der Waals surface area (Å²) in [5, 5.41) is 8.78. The number of hydrogen-bond donors (Lipinski definition) is 1. The molecule has 6 heteroatoms. The molecule has 0 aliphatic heterocycles. The van der Waals surface area contributed by atoms with Gasteiger partial charge < -0.3 is 14.6 Å². The Morgan fingerprint density at radius 1 is 1.05 bits per heavy atom. The normalized spacial score (nSPS) is 12.1. The molecule has 0 bridgehead atoms. The van der Waals surface area contributed by atoms with Crippen molar-refractivity contribution in [1.29, 1.82) is 0 Å². The summed E-state index contributed by atoms with van der Waals surface area (Å²) in [5.41, 5.74) is -0.207. The second-order valence-corrected chi connectivity index (χ2v) is 4.62. The molecule has 6 nitrogen and oxygen atoms in total. The zero-order chi connectivity index (χ0) is 15.2. The largest absolute Gasteiger partial charge is 0.481 e. The van der Waals surface area contributed by atoms with Crippen LogP contribution in [0, 0.1) is 5.92 Å². The Morgan fingerprint density at radius 2 is 1.53 bits per heavy atom. The number of carboxylic acid groups (broad SMARTS) is 1. The fourth-order valence-electron chi connectivity index (χ4n) is 1.27. The molecule has 108 valence electrons. The van der Waals surface area contributed by atoms with Crippen molar-refractivity contribution in [2.24, 2.45) is 5.92 Å². The van der Waals surface area contributed by atoms with Crippen molar-refractivity contribution < 1.29 is 29.0 Å². The molecule has 0 aliphatic rings. The van der Waals surface area contributed by atoms with E-state index in [9.17, 15) is 14.4 Å². The lowest BCUT2D eigenvalue weighted by molar-refractivity contribution is -0.157. The number of aliphatic carboxylic acids is 1. The Balaban J connectivity index is 4.93. The van der Waals surface area contributed by atoms with Crippen molar-refractivity contribution in [3.8, 4) is 0 Å². The molecule has 0 aromatic carbocycles. The highest BCUT2D eigenvalue weighted by atomic mass is 16.5. The monoisotopic (exact) mass is 272 g/mol. The SMILES string of the molecule is C=C(C(=O)OC(C)C)C(CC(=O)O)C(=O)OC(C)C. The molecule has 0 radical (unpaired) electrons. The van der Waals surface area contributed by atoms with Gasteiger partial charge in [-0.05, 0) is 27.7 Å². The quantitative estimate of drug-likeness (QED) is 0.558. The van der Waals surface area contributed by atoms with Crippen LogP contribution in [0.5, 0.6) is 0 Å². The van der Waals surface area contributed by atoms with Gasteiger partial charge in [-0.2, -0.15) is 0 Å². The van der Waals surface area contributed by atoms with E-state index in [0.29, 0.717) is 0 Å². The zero-order valence-electron chi connectivity index (χ0n) is 11.6. The molecule has 0 aromatic rings. The van der Waals surface area contributed by atoms with Crippen LogP contribution in [0.15, 0.2) is 12.2 Å². The summed E-state index contributed by atoms with van der Waals surface area (Å²) in [6, 6.07) is 0. The molecule has 19 heavy (non-hydrogen) atoms. The molecule has 0 fully saturated rings. The second-order valence-electron chi connectivity index (χ2n) is 4.62. The zero-order valence-corrected chi connectivity index (χ0v) is 11.6. The predicted molar refractivity (Wildman–Crippen MR) is 67.3 cm³/mol. The smallest absolute Gasteiger partial charge is 0.334 e. The van der Waals surface area contributed by atoms with Crippen LogP contribution in [0.25, 0.3) is 0 Å². The van der Waals surface area contributed by atoms with E-state index in [1.165, 1.54) is 0 Å². The number of carbonyl (C=O) groups excluding carboxylic acids is 2. The third kappa shape index (κ3) is 6.59. The minimum Gasteiger partial charge on any atom is -0.481 e. The molecule has 1 unspecified atom stereocenters. The molecule has 1 atom stereocenters. The second kappa shape index (κ2) is 7.56. The van der Waals surface area contributed by atoms with Gasteiger partial charge in [-0.1, -0.05) is 6.58 Å². The standard InChI is InChI=1S/C13H20O6/c1-7(2)18-12(16)9(5)10(6-11(14)15)13(17)19-8(3)4/h7-8,10H,5-6H2,1-4H3,(H,14,15). The maximum absolute atomic E-state index is 11.8. The highest BCUT2D eigenvalue weighted by molar-refractivity contribution is 5.96. The van der Waals surface area contributed by atoms with Crippen molar-refractivity contribution in [2.45, 2.75) is 46.3 Å². The van der Waals surface area contributed by atoms with E-state index in [-0.39, 0.29) is 11.7 Å². The average Bonchev–Trinajstić information content (AvgIpc) is 2.22. The first-order valence-electron chi connectivity index (χ1n) is 5.97. The van der Waals surface area contributed by atoms with E-state index < -0.39 is 36.4 Å². The molecule has 0 aromatic heterocycles. The number of carboxylic acids is 1. The fraction of sp³-hybridized carbons (Fsp3) is 0.615. The highest BCUT2D eigenvalue weighted by Crippen LogP contribution is 2.19. The van der Waals surface area contributed by atoms with Gasteiger partial charge in [-0.25, -0.2) is 4.79 Å². The first-order valence-corrected chi connectivity index (χ1v) is 5.97. The van der Waals surface area contributed by atoms with Gasteiger partial charge >= 0.3 is 17.9 Å². The van der Waals surface area contributed by atoms with Crippen LogP contribution in [-0.2, 0) is 23.9 Å². The van der Waals surface area contributed by atoms with E-state index in [1.54, 1.807) is 27.7 Å². The van der Waals surface area contributed by atoms with Gasteiger partial charge in [0.2, 0.25) is 0 Å². The Kier molecular flexibility index (Phi) is 6.82. The lowest BCUT2D eigenvalue weighted by Crippen LogP contribution is -2.29. The summed E-state index contributed by atoms with van der Waals surface area (Å²) in [4.78, 5) is 34.2. The number of esters is 2. The molecule has 1 N–H and O–H groups in total. The van der Waals surface area contributed by atoms with Crippen LogP contribution >= 0.6 is 0 Å². The maximum atomic E-state index is 11.8. The molecule has 0 aliphatic carbocycles. The highest BCUT2D eigenvalue weighted by Gasteiger charge is 2.31. The van der Waals surface area contributed by atoms with Gasteiger partial charge in [0.25, 0.3) is 0 Å². The lowest BCUT2D eigenvalue weighted by atomic mass is 9.97. The van der Waals surface area contributed by atoms with Gasteiger partial charge in [0.05, 0.1) is 24.5 Å². The maximum Gasteiger partial charge on any atom is 0.334 e. The minimum atomic E-state index is -1.23. The number of hydrogen-bond acceptors (Lipinski definition) is 5. The summed E-state index contributed by atoms with van der Waals surface area (Å²) < 4.78 is 9.81. The van der Waals surface area contributed by atoms with Gasteiger partial charge in [0.1, 0.15) is 0 Å². The number of rotatable bonds is 7. The first kappa shape index (κ1) is 17.2. The topological polar surface area (TPSA) is 89.9 Å². The van der Waals surface area contributed by atoms with Gasteiger partial charge in [-0.3, -0.25) is 9.59 Å². The summed E-state index contributed by atoms with van der Waals surface area (Å²) in [5.74, 6) is -4.03. The average molecular weight is 272 g/mol. The molecule has 0 saturated heterocycles. The summed E-state index contributed by atoms with van der Waals surface area (Å²) >= 11 is 0. The van der Waals surface area contributed by atoms with Crippen molar-refractivity contribution in [3.05, 3.63) is 12.2 Å². The molecule has 0 spiro atoms. The molecular weight excluding hydrogens is 252 g/mol. The Hall–Kier alpha value is -1.85. The summed E-state index contributed by atoms with van der Waals surface area (Å²) in [6.07, 6.45) is -1.34. The van der Waals surface area contributed by atoms with Crippen LogP contribution in [0.3, 0.4) is 0 Å². The molecule has 0 saturated carbocycles. The van der Waals surface area contributed by atoms with Crippen LogP contribution < -0.4 is 0 Å². The van der Waals surface area contributed by atoms with Crippen molar-refractivity contribution in [3.63, 3.8) is 0 Å². The Labute approximate surface area is 112 Å². The molecule has 0 amide bonds. The lowest BCUT2D eigenvalue weighted by Gasteiger charge is -2.18. The molecule has 0 heterocycles. The van der Waals surface area contributed by atoms with E-state index in [2.05, 4.69) is 6.58 Å². The van der Waals surface area contributed by atoms with E-state index in [4.69, 9.17) is 14.6 Å². The molecule has 0 rings (SSSR count). The van der Waals surface area contributed by atoms with Crippen LogP contribution in [-0.4, -0.2) is 35.2 Å². The van der Waals surface area contributed by atoms with Crippen molar-refractivity contribution in [2.75, 3.05) is 0 Å². The Morgan fingerprint density at radius 3 is 1.89 bits per heavy atom. The van der Waals surface area contributed by atoms with E-state index >= 15 is 0 Å². The third-order valence-corrected chi connectivity index (χ3v) is 2.04.